The zero-order valence-corrected chi connectivity index (χ0v) is 20.8. The highest BCUT2D eigenvalue weighted by molar-refractivity contribution is 6.30. The number of hydrogen-bond donors (Lipinski definition) is 2. The van der Waals surface area contributed by atoms with E-state index in [1.165, 1.54) is 6.20 Å². The highest BCUT2D eigenvalue weighted by Gasteiger charge is 2.33. The van der Waals surface area contributed by atoms with Gasteiger partial charge in [0.1, 0.15) is 0 Å². The number of aromatic nitrogens is 3. The van der Waals surface area contributed by atoms with Crippen LogP contribution in [0.1, 0.15) is 63.1 Å². The normalized spacial score (nSPS) is 17.4. The fraction of sp³-hybridized carbons (Fsp3) is 0.241. The second-order valence-electron chi connectivity index (χ2n) is 9.33. The van der Waals surface area contributed by atoms with Crippen molar-refractivity contribution in [2.24, 2.45) is 0 Å². The summed E-state index contributed by atoms with van der Waals surface area (Å²) in [5, 5.41) is 27.5. The van der Waals surface area contributed by atoms with Crippen LogP contribution in [-0.2, 0) is 6.42 Å². The summed E-state index contributed by atoms with van der Waals surface area (Å²) in [5.74, 6) is -0.00974. The average molecular weight is 512 g/mol. The molecule has 0 spiro atoms. The van der Waals surface area contributed by atoms with Crippen LogP contribution in [-0.4, -0.2) is 38.4 Å². The molecule has 186 valence electrons. The molecule has 1 saturated carbocycles. The van der Waals surface area contributed by atoms with Crippen LogP contribution in [0.15, 0.2) is 79.3 Å². The molecule has 37 heavy (non-hydrogen) atoms. The van der Waals surface area contributed by atoms with Crippen molar-refractivity contribution in [2.75, 3.05) is 6.61 Å². The van der Waals surface area contributed by atoms with Gasteiger partial charge >= 0.3 is 0 Å². The van der Waals surface area contributed by atoms with Gasteiger partial charge in [0.2, 0.25) is 0 Å². The molecule has 1 fully saturated rings. The van der Waals surface area contributed by atoms with E-state index in [4.69, 9.17) is 11.6 Å². The molecule has 2 N–H and O–H groups in total. The highest BCUT2D eigenvalue weighted by Crippen LogP contribution is 2.39. The standard InChI is InChI=1S/C29H26ClN5O2/c30-24-9-8-21(15-31)27(14-24)22-12-26(13-22)34-29(37)23-16-33-35(17-23)28(18-36)20-6-4-19(5-7-20)11-25-3-1-2-10-32-25/h1-10,14,16-17,22,26,28,36H,11-13,18H2,(H,34,37)/t22-,26+,28-/m1/s1. The van der Waals surface area contributed by atoms with Gasteiger partial charge in [0.25, 0.3) is 5.91 Å². The summed E-state index contributed by atoms with van der Waals surface area (Å²) in [6.45, 7) is -0.145. The SMILES string of the molecule is N#Cc1ccc(Cl)cc1[C@H]1C[C@@H](NC(=O)c2cnn([C@H](CO)c3ccc(Cc4ccccn4)cc3)c2)C1. The topological polar surface area (TPSA) is 104 Å². The van der Waals surface area contributed by atoms with Crippen LogP contribution in [0.3, 0.4) is 0 Å². The molecule has 1 aliphatic rings. The molecular formula is C29H26ClN5O2. The Morgan fingerprint density at radius 3 is 2.70 bits per heavy atom. The van der Waals surface area contributed by atoms with Gasteiger partial charge in [0, 0.05) is 35.6 Å². The van der Waals surface area contributed by atoms with Gasteiger partial charge in [0.05, 0.1) is 36.0 Å². The van der Waals surface area contributed by atoms with E-state index in [9.17, 15) is 15.2 Å². The lowest BCUT2D eigenvalue weighted by Gasteiger charge is -2.36. The van der Waals surface area contributed by atoms with Gasteiger partial charge in [-0.2, -0.15) is 10.4 Å². The Labute approximate surface area is 220 Å². The number of rotatable bonds is 8. The molecule has 1 atom stereocenters. The van der Waals surface area contributed by atoms with E-state index in [1.54, 1.807) is 29.2 Å². The molecular weight excluding hydrogens is 486 g/mol. The lowest BCUT2D eigenvalue weighted by atomic mass is 9.74. The number of hydrogen-bond acceptors (Lipinski definition) is 5. The van der Waals surface area contributed by atoms with Crippen molar-refractivity contribution in [1.82, 2.24) is 20.1 Å². The number of amides is 1. The Hall–Kier alpha value is -3.99. The number of pyridine rings is 1. The quantitative estimate of drug-likeness (QED) is 0.358. The molecule has 0 bridgehead atoms. The van der Waals surface area contributed by atoms with Gasteiger partial charge < -0.3 is 10.4 Å². The van der Waals surface area contributed by atoms with E-state index in [0.717, 1.165) is 41.6 Å². The predicted molar refractivity (Wildman–Crippen MR) is 140 cm³/mol. The molecule has 2 heterocycles. The molecule has 5 rings (SSSR count). The maximum absolute atomic E-state index is 12.8. The van der Waals surface area contributed by atoms with Crippen LogP contribution in [0.25, 0.3) is 0 Å². The molecule has 2 aromatic carbocycles. The molecule has 1 amide bonds. The third-order valence-corrected chi connectivity index (χ3v) is 7.11. The van der Waals surface area contributed by atoms with E-state index in [-0.39, 0.29) is 24.5 Å². The number of nitrogens with one attached hydrogen (secondary N) is 1. The van der Waals surface area contributed by atoms with E-state index >= 15 is 0 Å². The first-order chi connectivity index (χ1) is 18.0. The Bertz CT molecular complexity index is 1420. The summed E-state index contributed by atoms with van der Waals surface area (Å²) in [4.78, 5) is 17.2. The van der Waals surface area contributed by atoms with Gasteiger partial charge in [0.15, 0.2) is 0 Å². The number of halogens is 1. The third-order valence-electron chi connectivity index (χ3n) is 6.88. The van der Waals surface area contributed by atoms with Crippen LogP contribution >= 0.6 is 11.6 Å². The molecule has 0 aliphatic heterocycles. The van der Waals surface area contributed by atoms with Crippen LogP contribution in [0.2, 0.25) is 5.02 Å². The Morgan fingerprint density at radius 2 is 2.00 bits per heavy atom. The number of nitriles is 1. The summed E-state index contributed by atoms with van der Waals surface area (Å²) >= 11 is 6.12. The minimum Gasteiger partial charge on any atom is -0.394 e. The summed E-state index contributed by atoms with van der Waals surface area (Å²) in [6.07, 6.45) is 7.20. The maximum Gasteiger partial charge on any atom is 0.254 e. The molecule has 7 nitrogen and oxygen atoms in total. The first-order valence-electron chi connectivity index (χ1n) is 12.2. The molecule has 0 unspecified atom stereocenters. The Kier molecular flexibility index (Phi) is 7.31. The maximum atomic E-state index is 12.8. The predicted octanol–water partition coefficient (Wildman–Crippen LogP) is 4.65. The average Bonchev–Trinajstić information content (AvgIpc) is 3.38. The van der Waals surface area contributed by atoms with Crippen molar-refractivity contribution >= 4 is 17.5 Å². The Morgan fingerprint density at radius 1 is 1.19 bits per heavy atom. The van der Waals surface area contributed by atoms with Gasteiger partial charge in [-0.1, -0.05) is 41.9 Å². The summed E-state index contributed by atoms with van der Waals surface area (Å²) in [7, 11) is 0. The van der Waals surface area contributed by atoms with E-state index in [0.29, 0.717) is 16.1 Å². The first kappa shape index (κ1) is 24.7. The van der Waals surface area contributed by atoms with Crippen LogP contribution in [0.5, 0.6) is 0 Å². The van der Waals surface area contributed by atoms with E-state index in [2.05, 4.69) is 21.5 Å². The molecule has 2 aromatic heterocycles. The number of benzene rings is 2. The molecule has 8 heteroatoms. The lowest BCUT2D eigenvalue weighted by Crippen LogP contribution is -2.43. The van der Waals surface area contributed by atoms with Gasteiger partial charge in [-0.3, -0.25) is 14.5 Å². The van der Waals surface area contributed by atoms with Crippen LogP contribution in [0.4, 0.5) is 0 Å². The number of aliphatic hydroxyl groups is 1. The largest absolute Gasteiger partial charge is 0.394 e. The van der Waals surface area contributed by atoms with Gasteiger partial charge in [-0.15, -0.1) is 0 Å². The summed E-state index contributed by atoms with van der Waals surface area (Å²) < 4.78 is 1.62. The number of nitrogens with zero attached hydrogens (tertiary/aromatic N) is 4. The fourth-order valence-corrected chi connectivity index (χ4v) is 4.95. The molecule has 4 aromatic rings. The summed E-state index contributed by atoms with van der Waals surface area (Å²) in [6, 6.07) is 21.0. The number of carbonyl (C=O) groups excluding carboxylic acids is 1. The number of carbonyl (C=O) groups is 1. The third kappa shape index (κ3) is 5.56. The smallest absolute Gasteiger partial charge is 0.254 e. The second kappa shape index (κ2) is 11.0. The van der Waals surface area contributed by atoms with Crippen molar-refractivity contribution in [2.45, 2.75) is 37.3 Å². The van der Waals surface area contributed by atoms with Crippen molar-refractivity contribution in [1.29, 1.82) is 5.26 Å². The minimum absolute atomic E-state index is 0.0201. The lowest BCUT2D eigenvalue weighted by molar-refractivity contribution is 0.0908. The van der Waals surface area contributed by atoms with E-state index < -0.39 is 6.04 Å². The van der Waals surface area contributed by atoms with E-state index in [1.807, 2.05) is 48.5 Å². The second-order valence-corrected chi connectivity index (χ2v) is 9.77. The van der Waals surface area contributed by atoms with Crippen molar-refractivity contribution in [3.63, 3.8) is 0 Å². The zero-order valence-electron chi connectivity index (χ0n) is 20.1. The highest BCUT2D eigenvalue weighted by atomic mass is 35.5. The summed E-state index contributed by atoms with van der Waals surface area (Å²) in [5.41, 5.74) is 5.02. The number of aliphatic hydroxyl groups excluding tert-OH is 1. The fourth-order valence-electron chi connectivity index (χ4n) is 4.77. The van der Waals surface area contributed by atoms with Crippen LogP contribution in [0, 0.1) is 11.3 Å². The molecule has 0 radical (unpaired) electrons. The molecule has 1 aliphatic carbocycles. The zero-order chi connectivity index (χ0) is 25.8. The van der Waals surface area contributed by atoms with Gasteiger partial charge in [-0.05, 0) is 65.8 Å². The van der Waals surface area contributed by atoms with Crippen molar-refractivity contribution < 1.29 is 9.90 Å². The first-order valence-corrected chi connectivity index (χ1v) is 12.6. The van der Waals surface area contributed by atoms with Gasteiger partial charge in [-0.25, -0.2) is 0 Å². The minimum atomic E-state index is -0.397. The van der Waals surface area contributed by atoms with Crippen molar-refractivity contribution in [3.8, 4) is 6.07 Å². The monoisotopic (exact) mass is 511 g/mol. The molecule has 0 saturated heterocycles. The van der Waals surface area contributed by atoms with Crippen LogP contribution < -0.4 is 5.32 Å². The van der Waals surface area contributed by atoms with Crippen molar-refractivity contribution in [3.05, 3.63) is 118 Å². The Balaban J connectivity index is 1.20.